The summed E-state index contributed by atoms with van der Waals surface area (Å²) in [4.78, 5) is 33.3. The number of aromatic nitrogens is 2. The topological polar surface area (TPSA) is 72.0 Å². The lowest BCUT2D eigenvalue weighted by atomic mass is 10.1. The van der Waals surface area contributed by atoms with Crippen molar-refractivity contribution in [2.75, 3.05) is 11.1 Å². The summed E-state index contributed by atoms with van der Waals surface area (Å²) in [5, 5.41) is 4.45. The molecule has 0 unspecified atom stereocenters. The van der Waals surface area contributed by atoms with Crippen molar-refractivity contribution in [1.82, 2.24) is 9.97 Å². The number of hydrogen-bond donors (Lipinski definition) is 1. The summed E-state index contributed by atoms with van der Waals surface area (Å²) in [6.45, 7) is 1.45. The van der Waals surface area contributed by atoms with Crippen LogP contribution in [-0.4, -0.2) is 27.4 Å². The highest BCUT2D eigenvalue weighted by molar-refractivity contribution is 8.00. The number of nitrogens with one attached hydrogen (secondary N) is 1. The van der Waals surface area contributed by atoms with Crippen LogP contribution in [0.2, 0.25) is 0 Å². The Morgan fingerprint density at radius 1 is 0.871 bits per heavy atom. The molecule has 31 heavy (non-hydrogen) atoms. The monoisotopic (exact) mass is 427 g/mol. The maximum atomic E-state index is 12.7. The van der Waals surface area contributed by atoms with E-state index in [4.69, 9.17) is 9.97 Å². The van der Waals surface area contributed by atoms with Crippen molar-refractivity contribution in [2.45, 2.75) is 18.4 Å². The van der Waals surface area contributed by atoms with E-state index in [2.05, 4.69) is 17.4 Å². The van der Waals surface area contributed by atoms with Crippen LogP contribution in [0.5, 0.6) is 0 Å². The molecule has 0 aliphatic carbocycles. The zero-order valence-corrected chi connectivity index (χ0v) is 17.9. The van der Waals surface area contributed by atoms with Gasteiger partial charge in [-0.25, -0.2) is 9.97 Å². The first-order valence-corrected chi connectivity index (χ1v) is 10.9. The van der Waals surface area contributed by atoms with E-state index in [-0.39, 0.29) is 17.4 Å². The van der Waals surface area contributed by atoms with Gasteiger partial charge < -0.3 is 5.32 Å². The SMILES string of the molecule is CC(=O)Nc1ccc(C(=O)CSc2nc(Cc3ccccc3)nc3ccccc23)cc1. The zero-order chi connectivity index (χ0) is 21.6. The van der Waals surface area contributed by atoms with Crippen molar-refractivity contribution in [3.63, 3.8) is 0 Å². The summed E-state index contributed by atoms with van der Waals surface area (Å²) < 4.78 is 0. The number of carbonyl (C=O) groups excluding carboxylic acids is 2. The largest absolute Gasteiger partial charge is 0.326 e. The van der Waals surface area contributed by atoms with Crippen molar-refractivity contribution in [2.24, 2.45) is 0 Å². The summed E-state index contributed by atoms with van der Waals surface area (Å²) in [6, 6.07) is 24.9. The molecule has 154 valence electrons. The van der Waals surface area contributed by atoms with Crippen LogP contribution in [0.25, 0.3) is 10.9 Å². The number of thioether (sulfide) groups is 1. The minimum absolute atomic E-state index is 0.00618. The molecule has 3 aromatic carbocycles. The number of para-hydroxylation sites is 1. The van der Waals surface area contributed by atoms with Gasteiger partial charge in [-0.3, -0.25) is 9.59 Å². The average molecular weight is 428 g/mol. The number of anilines is 1. The molecule has 1 aromatic heterocycles. The molecule has 0 atom stereocenters. The number of fused-ring (bicyclic) bond motifs is 1. The van der Waals surface area contributed by atoms with Gasteiger partial charge in [-0.05, 0) is 35.9 Å². The van der Waals surface area contributed by atoms with Gasteiger partial charge >= 0.3 is 0 Å². The first-order chi connectivity index (χ1) is 15.1. The molecule has 0 radical (unpaired) electrons. The fraction of sp³-hybridized carbons (Fsp3) is 0.120. The molecular formula is C25H21N3O2S. The Morgan fingerprint density at radius 2 is 1.58 bits per heavy atom. The number of amides is 1. The van der Waals surface area contributed by atoms with Crippen molar-refractivity contribution in [1.29, 1.82) is 0 Å². The van der Waals surface area contributed by atoms with Crippen LogP contribution in [-0.2, 0) is 11.2 Å². The highest BCUT2D eigenvalue weighted by Crippen LogP contribution is 2.27. The van der Waals surface area contributed by atoms with Gasteiger partial charge in [0.2, 0.25) is 5.91 Å². The minimum atomic E-state index is -0.142. The van der Waals surface area contributed by atoms with Crippen LogP contribution in [0.15, 0.2) is 83.9 Å². The maximum Gasteiger partial charge on any atom is 0.221 e. The van der Waals surface area contributed by atoms with Gasteiger partial charge in [0.05, 0.1) is 11.3 Å². The number of ketones is 1. The molecule has 0 bridgehead atoms. The van der Waals surface area contributed by atoms with Gasteiger partial charge in [0, 0.05) is 30.0 Å². The third-order valence-corrected chi connectivity index (χ3v) is 5.68. The summed E-state index contributed by atoms with van der Waals surface area (Å²) in [7, 11) is 0. The summed E-state index contributed by atoms with van der Waals surface area (Å²) in [5.74, 6) is 0.869. The summed E-state index contributed by atoms with van der Waals surface area (Å²) in [5.41, 5.74) is 3.29. The van der Waals surface area contributed by atoms with Crippen LogP contribution in [0.1, 0.15) is 28.7 Å². The second-order valence-corrected chi connectivity index (χ2v) is 8.06. The van der Waals surface area contributed by atoms with Crippen molar-refractivity contribution in [3.05, 3.63) is 95.8 Å². The maximum absolute atomic E-state index is 12.7. The number of Topliss-reactive ketones (excluding diaryl/α,β-unsaturated/α-hetero) is 1. The smallest absolute Gasteiger partial charge is 0.221 e. The van der Waals surface area contributed by atoms with E-state index >= 15 is 0 Å². The lowest BCUT2D eigenvalue weighted by Gasteiger charge is -2.09. The molecule has 0 saturated heterocycles. The molecule has 0 aliphatic rings. The van der Waals surface area contributed by atoms with Crippen LogP contribution < -0.4 is 5.32 Å². The first-order valence-electron chi connectivity index (χ1n) is 9.92. The van der Waals surface area contributed by atoms with Crippen LogP contribution in [0.4, 0.5) is 5.69 Å². The second-order valence-electron chi connectivity index (χ2n) is 7.09. The van der Waals surface area contributed by atoms with Gasteiger partial charge in [-0.2, -0.15) is 0 Å². The lowest BCUT2D eigenvalue weighted by Crippen LogP contribution is -2.07. The molecule has 1 amide bonds. The van der Waals surface area contributed by atoms with E-state index in [1.807, 2.05) is 42.5 Å². The van der Waals surface area contributed by atoms with Crippen molar-refractivity contribution in [3.8, 4) is 0 Å². The van der Waals surface area contributed by atoms with Gasteiger partial charge in [-0.1, -0.05) is 60.3 Å². The Hall–Kier alpha value is -3.51. The Bertz CT molecular complexity index is 1220. The Labute approximate surface area is 184 Å². The fourth-order valence-electron chi connectivity index (χ4n) is 3.22. The average Bonchev–Trinajstić information content (AvgIpc) is 2.78. The van der Waals surface area contributed by atoms with Gasteiger partial charge in [0.1, 0.15) is 10.9 Å². The number of benzene rings is 3. The fourth-order valence-corrected chi connectivity index (χ4v) is 4.15. The third-order valence-electron chi connectivity index (χ3n) is 4.69. The second kappa shape index (κ2) is 9.53. The molecule has 6 heteroatoms. The van der Waals surface area contributed by atoms with Crippen LogP contribution in [0.3, 0.4) is 0 Å². The van der Waals surface area contributed by atoms with E-state index < -0.39 is 0 Å². The minimum Gasteiger partial charge on any atom is -0.326 e. The molecule has 0 fully saturated rings. The summed E-state index contributed by atoms with van der Waals surface area (Å²) in [6.07, 6.45) is 0.637. The molecule has 0 aliphatic heterocycles. The van der Waals surface area contributed by atoms with Crippen molar-refractivity contribution >= 4 is 40.0 Å². The standard InChI is InChI=1S/C25H21N3O2S/c1-17(29)26-20-13-11-19(12-14-20)23(30)16-31-25-21-9-5-6-10-22(21)27-24(28-25)15-18-7-3-2-4-8-18/h2-14H,15-16H2,1H3,(H,26,29). The van der Waals surface area contributed by atoms with E-state index in [1.54, 1.807) is 24.3 Å². The summed E-state index contributed by atoms with van der Waals surface area (Å²) >= 11 is 1.42. The zero-order valence-electron chi connectivity index (χ0n) is 17.0. The molecule has 4 aromatic rings. The Balaban J connectivity index is 1.53. The van der Waals surface area contributed by atoms with E-state index in [1.165, 1.54) is 18.7 Å². The predicted molar refractivity (Wildman–Crippen MR) is 125 cm³/mol. The molecule has 5 nitrogen and oxygen atoms in total. The third kappa shape index (κ3) is 5.35. The normalized spacial score (nSPS) is 10.7. The molecule has 0 saturated carbocycles. The lowest BCUT2D eigenvalue weighted by molar-refractivity contribution is -0.114. The molecular weight excluding hydrogens is 406 g/mol. The number of hydrogen-bond acceptors (Lipinski definition) is 5. The Kier molecular flexibility index (Phi) is 6.38. The first kappa shape index (κ1) is 20.8. The number of rotatable bonds is 7. The van der Waals surface area contributed by atoms with Gasteiger partial charge in [0.25, 0.3) is 0 Å². The number of carbonyl (C=O) groups is 2. The van der Waals surface area contributed by atoms with Gasteiger partial charge in [0.15, 0.2) is 5.78 Å². The highest BCUT2D eigenvalue weighted by atomic mass is 32.2. The molecule has 4 rings (SSSR count). The molecule has 1 heterocycles. The van der Waals surface area contributed by atoms with E-state index in [0.717, 1.165) is 27.3 Å². The van der Waals surface area contributed by atoms with Gasteiger partial charge in [-0.15, -0.1) is 0 Å². The van der Waals surface area contributed by atoms with Crippen molar-refractivity contribution < 1.29 is 9.59 Å². The molecule has 1 N–H and O–H groups in total. The van der Waals surface area contributed by atoms with Crippen LogP contribution >= 0.6 is 11.8 Å². The van der Waals surface area contributed by atoms with Crippen LogP contribution in [0, 0.1) is 0 Å². The Morgan fingerprint density at radius 3 is 2.32 bits per heavy atom. The van der Waals surface area contributed by atoms with E-state index in [9.17, 15) is 9.59 Å². The quantitative estimate of drug-likeness (QED) is 0.251. The highest BCUT2D eigenvalue weighted by Gasteiger charge is 2.12. The predicted octanol–water partition coefficient (Wildman–Crippen LogP) is 5.15. The van der Waals surface area contributed by atoms with E-state index in [0.29, 0.717) is 17.7 Å². The molecule has 0 spiro atoms. The number of nitrogens with zero attached hydrogens (tertiary/aromatic N) is 2.